The highest BCUT2D eigenvalue weighted by Crippen LogP contribution is 2.35. The van der Waals surface area contributed by atoms with Gasteiger partial charge < -0.3 is 19.3 Å². The molecule has 0 spiro atoms. The third-order valence-corrected chi connectivity index (χ3v) is 4.31. The normalized spacial score (nSPS) is 11.2. The molecule has 0 radical (unpaired) electrons. The van der Waals surface area contributed by atoms with Gasteiger partial charge in [-0.25, -0.2) is 8.42 Å². The van der Waals surface area contributed by atoms with E-state index in [0.717, 1.165) is 5.56 Å². The minimum Gasteiger partial charge on any atom is -0.497 e. The van der Waals surface area contributed by atoms with Crippen molar-refractivity contribution in [2.45, 2.75) is 6.92 Å². The van der Waals surface area contributed by atoms with Gasteiger partial charge in [0.25, 0.3) is 0 Å². The first-order valence-electron chi connectivity index (χ1n) is 6.10. The Bertz CT molecular complexity index is 538. The van der Waals surface area contributed by atoms with Crippen LogP contribution in [0.5, 0.6) is 17.2 Å². The maximum absolute atomic E-state index is 11.5. The maximum Gasteiger partial charge on any atom is 0.164 e. The Morgan fingerprint density at radius 3 is 2.40 bits per heavy atom. The van der Waals surface area contributed by atoms with E-state index in [1.807, 2.05) is 6.92 Å². The number of methoxy groups -OCH3 is 2. The minimum atomic E-state index is -3.29. The average molecular weight is 304 g/mol. The van der Waals surface area contributed by atoms with Crippen LogP contribution < -0.4 is 14.2 Å². The van der Waals surface area contributed by atoms with Crippen LogP contribution in [0.25, 0.3) is 0 Å². The van der Waals surface area contributed by atoms with Crippen LogP contribution in [-0.2, 0) is 9.84 Å². The van der Waals surface area contributed by atoms with E-state index in [2.05, 4.69) is 0 Å². The summed E-state index contributed by atoms with van der Waals surface area (Å²) in [4.78, 5) is 0. The summed E-state index contributed by atoms with van der Waals surface area (Å²) in [5, 5.41) is 8.65. The molecular formula is C13H20O6S. The van der Waals surface area contributed by atoms with Crippen LogP contribution in [0.15, 0.2) is 12.1 Å². The van der Waals surface area contributed by atoms with Gasteiger partial charge in [-0.15, -0.1) is 0 Å². The highest BCUT2D eigenvalue weighted by Gasteiger charge is 2.14. The van der Waals surface area contributed by atoms with Crippen molar-refractivity contribution < 1.29 is 27.7 Å². The number of hydrogen-bond acceptors (Lipinski definition) is 6. The first-order chi connectivity index (χ1) is 9.43. The van der Waals surface area contributed by atoms with Crippen LogP contribution >= 0.6 is 0 Å². The van der Waals surface area contributed by atoms with E-state index in [4.69, 9.17) is 19.3 Å². The Kier molecular flexibility index (Phi) is 6.09. The zero-order valence-corrected chi connectivity index (χ0v) is 12.7. The molecule has 1 N–H and O–H groups in total. The standard InChI is InChI=1S/C13H20O6S/c1-10-8-11(17-2)9-12(18-3)13(10)19-5-7-20(15,16)6-4-14/h8-9,14H,4-7H2,1-3H3. The number of benzene rings is 1. The third-order valence-electron chi connectivity index (χ3n) is 2.71. The van der Waals surface area contributed by atoms with Gasteiger partial charge in [-0.1, -0.05) is 0 Å². The first kappa shape index (κ1) is 16.6. The molecule has 0 fully saturated rings. The lowest BCUT2D eigenvalue weighted by molar-refractivity contribution is 0.304. The minimum absolute atomic E-state index is 0.00582. The van der Waals surface area contributed by atoms with E-state index in [1.54, 1.807) is 19.2 Å². The van der Waals surface area contributed by atoms with Gasteiger partial charge in [0.2, 0.25) is 0 Å². The van der Waals surface area contributed by atoms with E-state index in [1.165, 1.54) is 7.11 Å². The summed E-state index contributed by atoms with van der Waals surface area (Å²) in [5.74, 6) is 1.21. The second-order valence-electron chi connectivity index (χ2n) is 4.20. The molecule has 0 amide bonds. The predicted octanol–water partition coefficient (Wildman–Crippen LogP) is 0.798. The number of aryl methyl sites for hydroxylation is 1. The fourth-order valence-corrected chi connectivity index (χ4v) is 2.50. The lowest BCUT2D eigenvalue weighted by Gasteiger charge is -2.14. The van der Waals surface area contributed by atoms with Gasteiger partial charge in [0.05, 0.1) is 32.3 Å². The molecule has 0 aliphatic heterocycles. The molecule has 0 aliphatic rings. The van der Waals surface area contributed by atoms with Gasteiger partial charge in [-0.2, -0.15) is 0 Å². The van der Waals surface area contributed by atoms with E-state index < -0.39 is 9.84 Å². The Balaban J connectivity index is 2.78. The fourth-order valence-electron chi connectivity index (χ4n) is 1.68. The quantitative estimate of drug-likeness (QED) is 0.765. The van der Waals surface area contributed by atoms with Crippen molar-refractivity contribution in [1.82, 2.24) is 0 Å². The van der Waals surface area contributed by atoms with Crippen molar-refractivity contribution in [3.05, 3.63) is 17.7 Å². The molecule has 1 aromatic rings. The Hall–Kier alpha value is -1.47. The zero-order chi connectivity index (χ0) is 15.2. The molecule has 0 bridgehead atoms. The lowest BCUT2D eigenvalue weighted by Crippen LogP contribution is -2.19. The Morgan fingerprint density at radius 1 is 1.15 bits per heavy atom. The van der Waals surface area contributed by atoms with Crippen molar-refractivity contribution in [2.75, 3.05) is 38.9 Å². The smallest absolute Gasteiger partial charge is 0.164 e. The number of hydrogen-bond donors (Lipinski definition) is 1. The third kappa shape index (κ3) is 4.57. The molecule has 7 heteroatoms. The summed E-state index contributed by atoms with van der Waals surface area (Å²) in [5.41, 5.74) is 0.792. The largest absolute Gasteiger partial charge is 0.497 e. The van der Waals surface area contributed by atoms with E-state index >= 15 is 0 Å². The van der Waals surface area contributed by atoms with Crippen molar-refractivity contribution in [3.8, 4) is 17.2 Å². The van der Waals surface area contributed by atoms with Crippen LogP contribution in [0, 0.1) is 6.92 Å². The molecule has 1 rings (SSSR count). The molecule has 0 saturated carbocycles. The number of rotatable bonds is 8. The first-order valence-corrected chi connectivity index (χ1v) is 7.92. The molecule has 0 aliphatic carbocycles. The molecule has 20 heavy (non-hydrogen) atoms. The number of aliphatic hydroxyl groups excluding tert-OH is 1. The maximum atomic E-state index is 11.5. The molecule has 0 heterocycles. The second kappa shape index (κ2) is 7.35. The molecule has 0 atom stereocenters. The summed E-state index contributed by atoms with van der Waals surface area (Å²) in [7, 11) is -0.232. The SMILES string of the molecule is COc1cc(C)c(OCCS(=O)(=O)CCO)c(OC)c1. The summed E-state index contributed by atoms with van der Waals surface area (Å²) < 4.78 is 38.8. The molecule has 6 nitrogen and oxygen atoms in total. The van der Waals surface area contributed by atoms with Gasteiger partial charge >= 0.3 is 0 Å². The van der Waals surface area contributed by atoms with Crippen LogP contribution in [0.4, 0.5) is 0 Å². The van der Waals surface area contributed by atoms with Gasteiger partial charge in [0.1, 0.15) is 12.4 Å². The number of ether oxygens (including phenoxy) is 3. The molecular weight excluding hydrogens is 284 g/mol. The molecule has 114 valence electrons. The van der Waals surface area contributed by atoms with Gasteiger partial charge in [-0.3, -0.25) is 0 Å². The van der Waals surface area contributed by atoms with Gasteiger partial charge in [0.15, 0.2) is 21.3 Å². The molecule has 1 aromatic carbocycles. The van der Waals surface area contributed by atoms with Crippen molar-refractivity contribution >= 4 is 9.84 Å². The average Bonchev–Trinajstić information content (AvgIpc) is 2.39. The second-order valence-corrected chi connectivity index (χ2v) is 6.50. The highest BCUT2D eigenvalue weighted by atomic mass is 32.2. The predicted molar refractivity (Wildman–Crippen MR) is 75.5 cm³/mol. The fraction of sp³-hybridized carbons (Fsp3) is 0.538. The van der Waals surface area contributed by atoms with E-state index in [-0.39, 0.29) is 24.7 Å². The van der Waals surface area contributed by atoms with Crippen LogP contribution in [0.1, 0.15) is 5.56 Å². The van der Waals surface area contributed by atoms with Crippen molar-refractivity contribution in [1.29, 1.82) is 0 Å². The van der Waals surface area contributed by atoms with Gasteiger partial charge in [-0.05, 0) is 18.6 Å². The topological polar surface area (TPSA) is 82.1 Å². The summed E-state index contributed by atoms with van der Waals surface area (Å²) >= 11 is 0. The Labute approximate surface area is 119 Å². The van der Waals surface area contributed by atoms with Crippen molar-refractivity contribution in [2.24, 2.45) is 0 Å². The molecule has 0 saturated heterocycles. The van der Waals surface area contributed by atoms with Gasteiger partial charge in [0, 0.05) is 6.07 Å². The zero-order valence-electron chi connectivity index (χ0n) is 11.9. The van der Waals surface area contributed by atoms with Crippen molar-refractivity contribution in [3.63, 3.8) is 0 Å². The summed E-state index contributed by atoms with van der Waals surface area (Å²) in [6.45, 7) is 1.45. The van der Waals surface area contributed by atoms with Crippen LogP contribution in [0.2, 0.25) is 0 Å². The molecule has 0 aromatic heterocycles. The number of sulfone groups is 1. The number of aliphatic hydroxyl groups is 1. The van der Waals surface area contributed by atoms with E-state index in [9.17, 15) is 8.42 Å². The monoisotopic (exact) mass is 304 g/mol. The molecule has 0 unspecified atom stereocenters. The summed E-state index contributed by atoms with van der Waals surface area (Å²) in [6.07, 6.45) is 0. The highest BCUT2D eigenvalue weighted by molar-refractivity contribution is 7.91. The van der Waals surface area contributed by atoms with E-state index in [0.29, 0.717) is 17.2 Å². The summed E-state index contributed by atoms with van der Waals surface area (Å²) in [6, 6.07) is 3.45. The van der Waals surface area contributed by atoms with Crippen LogP contribution in [0.3, 0.4) is 0 Å². The lowest BCUT2D eigenvalue weighted by atomic mass is 10.2. The Morgan fingerprint density at radius 2 is 1.85 bits per heavy atom. The van der Waals surface area contributed by atoms with Crippen LogP contribution in [-0.4, -0.2) is 52.5 Å².